The Labute approximate surface area is 106 Å². The summed E-state index contributed by atoms with van der Waals surface area (Å²) in [6.45, 7) is 3.87. The second-order valence-electron chi connectivity index (χ2n) is 4.16. The molecule has 0 fully saturated rings. The molecule has 2 aromatic rings. The normalized spacial score (nSPS) is 10.3. The van der Waals surface area contributed by atoms with Crippen LogP contribution in [0, 0.1) is 13.8 Å². The zero-order chi connectivity index (χ0) is 12.4. The largest absolute Gasteiger partial charge is 0.289 e. The summed E-state index contributed by atoms with van der Waals surface area (Å²) >= 11 is 5.95. The van der Waals surface area contributed by atoms with Gasteiger partial charge in [-0.1, -0.05) is 35.4 Å². The van der Waals surface area contributed by atoms with Crippen molar-refractivity contribution in [3.63, 3.8) is 0 Å². The lowest BCUT2D eigenvalue weighted by Gasteiger charge is -2.04. The van der Waals surface area contributed by atoms with Gasteiger partial charge in [-0.3, -0.25) is 4.79 Å². The second kappa shape index (κ2) is 4.72. The lowest BCUT2D eigenvalue weighted by molar-refractivity contribution is 0.103. The summed E-state index contributed by atoms with van der Waals surface area (Å²) in [6.07, 6.45) is 0. The SMILES string of the molecule is Cc1cccc(C(=O)c2ccc(Cl)c(C)c2)c1. The first-order valence-electron chi connectivity index (χ1n) is 5.45. The van der Waals surface area contributed by atoms with Gasteiger partial charge >= 0.3 is 0 Å². The van der Waals surface area contributed by atoms with E-state index in [1.165, 1.54) is 0 Å². The molecule has 0 unspecified atom stereocenters. The highest BCUT2D eigenvalue weighted by Crippen LogP contribution is 2.19. The monoisotopic (exact) mass is 244 g/mol. The van der Waals surface area contributed by atoms with Gasteiger partial charge in [-0.25, -0.2) is 0 Å². The van der Waals surface area contributed by atoms with Crippen molar-refractivity contribution >= 4 is 17.4 Å². The molecule has 1 nitrogen and oxygen atoms in total. The minimum atomic E-state index is 0.0356. The molecule has 0 N–H and O–H groups in total. The molecule has 0 radical (unpaired) electrons. The quantitative estimate of drug-likeness (QED) is 0.724. The molecule has 0 spiro atoms. The van der Waals surface area contributed by atoms with Gasteiger partial charge in [0.2, 0.25) is 0 Å². The summed E-state index contributed by atoms with van der Waals surface area (Å²) in [4.78, 5) is 12.2. The third-order valence-corrected chi connectivity index (χ3v) is 3.12. The number of halogens is 1. The molecule has 2 aromatic carbocycles. The van der Waals surface area contributed by atoms with Gasteiger partial charge in [0.25, 0.3) is 0 Å². The van der Waals surface area contributed by atoms with Gasteiger partial charge in [-0.15, -0.1) is 0 Å². The van der Waals surface area contributed by atoms with Crippen molar-refractivity contribution in [2.75, 3.05) is 0 Å². The Morgan fingerprint density at radius 2 is 1.71 bits per heavy atom. The third-order valence-electron chi connectivity index (χ3n) is 2.70. The van der Waals surface area contributed by atoms with Crippen LogP contribution in [0.4, 0.5) is 0 Å². The summed E-state index contributed by atoms with van der Waals surface area (Å²) in [5, 5.41) is 0.686. The van der Waals surface area contributed by atoms with Crippen LogP contribution in [0.1, 0.15) is 27.0 Å². The van der Waals surface area contributed by atoms with E-state index in [4.69, 9.17) is 11.6 Å². The molecule has 2 rings (SSSR count). The molecule has 0 heterocycles. The minimum absolute atomic E-state index is 0.0356. The van der Waals surface area contributed by atoms with Crippen LogP contribution in [0.2, 0.25) is 5.02 Å². The van der Waals surface area contributed by atoms with Crippen LogP contribution in [-0.2, 0) is 0 Å². The van der Waals surface area contributed by atoms with E-state index in [-0.39, 0.29) is 5.78 Å². The van der Waals surface area contributed by atoms with Gasteiger partial charge < -0.3 is 0 Å². The van der Waals surface area contributed by atoms with Crippen molar-refractivity contribution < 1.29 is 4.79 Å². The van der Waals surface area contributed by atoms with Crippen molar-refractivity contribution in [1.82, 2.24) is 0 Å². The summed E-state index contributed by atoms with van der Waals surface area (Å²) < 4.78 is 0. The van der Waals surface area contributed by atoms with Crippen LogP contribution in [0.25, 0.3) is 0 Å². The molecule has 0 aliphatic carbocycles. The van der Waals surface area contributed by atoms with Crippen molar-refractivity contribution in [2.45, 2.75) is 13.8 Å². The highest BCUT2D eigenvalue weighted by atomic mass is 35.5. The number of hydrogen-bond acceptors (Lipinski definition) is 1. The molecule has 0 aliphatic rings. The van der Waals surface area contributed by atoms with E-state index < -0.39 is 0 Å². The molecule has 17 heavy (non-hydrogen) atoms. The highest BCUT2D eigenvalue weighted by Gasteiger charge is 2.09. The zero-order valence-electron chi connectivity index (χ0n) is 9.83. The van der Waals surface area contributed by atoms with Crippen LogP contribution in [-0.4, -0.2) is 5.78 Å². The Morgan fingerprint density at radius 1 is 1.00 bits per heavy atom. The Morgan fingerprint density at radius 3 is 2.35 bits per heavy atom. The summed E-state index contributed by atoms with van der Waals surface area (Å²) in [7, 11) is 0. The number of carbonyl (C=O) groups is 1. The van der Waals surface area contributed by atoms with Gasteiger partial charge in [0, 0.05) is 16.1 Å². The van der Waals surface area contributed by atoms with Gasteiger partial charge in [0.1, 0.15) is 0 Å². The number of ketones is 1. The average Bonchev–Trinajstić information content (AvgIpc) is 2.32. The standard InChI is InChI=1S/C15H13ClO/c1-10-4-3-5-12(8-10)15(17)13-6-7-14(16)11(2)9-13/h3-9H,1-2H3. The van der Waals surface area contributed by atoms with Crippen LogP contribution in [0.15, 0.2) is 42.5 Å². The molecule has 0 aromatic heterocycles. The maximum Gasteiger partial charge on any atom is 0.193 e. The molecular weight excluding hydrogens is 232 g/mol. The third kappa shape index (κ3) is 2.56. The molecule has 0 saturated heterocycles. The van der Waals surface area contributed by atoms with Gasteiger partial charge in [-0.2, -0.15) is 0 Å². The number of carbonyl (C=O) groups excluding carboxylic acids is 1. The molecule has 0 bridgehead atoms. The fourth-order valence-electron chi connectivity index (χ4n) is 1.74. The van der Waals surface area contributed by atoms with Gasteiger partial charge in [-0.05, 0) is 43.7 Å². The smallest absolute Gasteiger partial charge is 0.193 e. The van der Waals surface area contributed by atoms with Crippen molar-refractivity contribution in [1.29, 1.82) is 0 Å². The topological polar surface area (TPSA) is 17.1 Å². The Hall–Kier alpha value is -1.60. The lowest BCUT2D eigenvalue weighted by Crippen LogP contribution is -2.01. The molecule has 0 saturated carbocycles. The Balaban J connectivity index is 2.40. The van der Waals surface area contributed by atoms with Crippen LogP contribution >= 0.6 is 11.6 Å². The fraction of sp³-hybridized carbons (Fsp3) is 0.133. The van der Waals surface area contributed by atoms with Crippen molar-refractivity contribution in [2.24, 2.45) is 0 Å². The van der Waals surface area contributed by atoms with E-state index in [0.717, 1.165) is 11.1 Å². The maximum atomic E-state index is 12.2. The number of benzene rings is 2. The highest BCUT2D eigenvalue weighted by molar-refractivity contribution is 6.31. The first kappa shape index (κ1) is 11.9. The van der Waals surface area contributed by atoms with Gasteiger partial charge in [0.15, 0.2) is 5.78 Å². The van der Waals surface area contributed by atoms with Gasteiger partial charge in [0.05, 0.1) is 0 Å². The number of aryl methyl sites for hydroxylation is 2. The Kier molecular flexibility index (Phi) is 3.30. The summed E-state index contributed by atoms with van der Waals surface area (Å²) in [5.74, 6) is 0.0356. The molecule has 0 aliphatic heterocycles. The first-order chi connectivity index (χ1) is 8.08. The molecule has 2 heteroatoms. The average molecular weight is 245 g/mol. The minimum Gasteiger partial charge on any atom is -0.289 e. The van der Waals surface area contributed by atoms with E-state index in [1.807, 2.05) is 44.2 Å². The van der Waals surface area contributed by atoms with E-state index in [1.54, 1.807) is 12.1 Å². The predicted molar refractivity (Wildman–Crippen MR) is 70.8 cm³/mol. The summed E-state index contributed by atoms with van der Waals surface area (Å²) in [5.41, 5.74) is 3.40. The van der Waals surface area contributed by atoms with E-state index in [9.17, 15) is 4.79 Å². The second-order valence-corrected chi connectivity index (χ2v) is 4.57. The molecule has 86 valence electrons. The van der Waals surface area contributed by atoms with Crippen molar-refractivity contribution in [3.8, 4) is 0 Å². The molecule has 0 amide bonds. The van der Waals surface area contributed by atoms with Crippen LogP contribution < -0.4 is 0 Å². The number of hydrogen-bond donors (Lipinski definition) is 0. The van der Waals surface area contributed by atoms with E-state index in [0.29, 0.717) is 16.1 Å². The lowest BCUT2D eigenvalue weighted by atomic mass is 10.0. The first-order valence-corrected chi connectivity index (χ1v) is 5.83. The fourth-order valence-corrected chi connectivity index (χ4v) is 1.86. The van der Waals surface area contributed by atoms with Crippen LogP contribution in [0.5, 0.6) is 0 Å². The zero-order valence-corrected chi connectivity index (χ0v) is 10.6. The van der Waals surface area contributed by atoms with E-state index in [2.05, 4.69) is 0 Å². The molecular formula is C15H13ClO. The van der Waals surface area contributed by atoms with Crippen molar-refractivity contribution in [3.05, 3.63) is 69.7 Å². The maximum absolute atomic E-state index is 12.2. The van der Waals surface area contributed by atoms with E-state index >= 15 is 0 Å². The molecule has 0 atom stereocenters. The Bertz CT molecular complexity index is 573. The predicted octanol–water partition coefficient (Wildman–Crippen LogP) is 4.19. The summed E-state index contributed by atoms with van der Waals surface area (Å²) in [6, 6.07) is 13.0. The number of rotatable bonds is 2. The van der Waals surface area contributed by atoms with Crippen LogP contribution in [0.3, 0.4) is 0 Å².